The summed E-state index contributed by atoms with van der Waals surface area (Å²) in [6, 6.07) is 31.6. The number of thioether (sulfide) groups is 1. The molecule has 0 aliphatic carbocycles. The molecule has 0 fully saturated rings. The Kier molecular flexibility index (Phi) is 7.93. The zero-order valence-corrected chi connectivity index (χ0v) is 25.0. The lowest BCUT2D eigenvalue weighted by Crippen LogP contribution is -2.44. The van der Waals surface area contributed by atoms with Gasteiger partial charge >= 0.3 is 0 Å². The first-order valence-electron chi connectivity index (χ1n) is 13.7. The maximum absolute atomic E-state index is 14.5. The van der Waals surface area contributed by atoms with E-state index in [0.717, 1.165) is 28.8 Å². The molecule has 202 valence electrons. The SMILES string of the molecule is Cc1ccc(S(=O)(=O)N2c3ccccc3C[C@@H](Sc3c(C(C)C)cccc3C(C)C)[C@@H]2c2ccccc2)cc1. The molecule has 0 aromatic heterocycles. The average Bonchev–Trinajstić information content (AvgIpc) is 2.92. The maximum Gasteiger partial charge on any atom is 0.264 e. The molecule has 0 unspecified atom stereocenters. The van der Waals surface area contributed by atoms with Crippen LogP contribution in [0.2, 0.25) is 0 Å². The molecule has 0 radical (unpaired) electrons. The monoisotopic (exact) mass is 555 g/mol. The van der Waals surface area contributed by atoms with E-state index >= 15 is 0 Å². The van der Waals surface area contributed by atoms with Crippen LogP contribution in [0.3, 0.4) is 0 Å². The Morgan fingerprint density at radius 2 is 1.33 bits per heavy atom. The molecule has 0 N–H and O–H groups in total. The summed E-state index contributed by atoms with van der Waals surface area (Å²) >= 11 is 1.85. The highest BCUT2D eigenvalue weighted by atomic mass is 32.2. The summed E-state index contributed by atoms with van der Waals surface area (Å²) in [7, 11) is -3.85. The molecule has 2 atom stereocenters. The lowest BCUT2D eigenvalue weighted by molar-refractivity contribution is 0.562. The van der Waals surface area contributed by atoms with Gasteiger partial charge in [0.05, 0.1) is 16.6 Å². The van der Waals surface area contributed by atoms with Gasteiger partial charge in [0.15, 0.2) is 0 Å². The molecule has 39 heavy (non-hydrogen) atoms. The second kappa shape index (κ2) is 11.2. The highest BCUT2D eigenvalue weighted by molar-refractivity contribution is 8.00. The van der Waals surface area contributed by atoms with Crippen LogP contribution in [0.5, 0.6) is 0 Å². The van der Waals surface area contributed by atoms with Crippen LogP contribution in [0.4, 0.5) is 5.69 Å². The van der Waals surface area contributed by atoms with E-state index in [-0.39, 0.29) is 11.3 Å². The van der Waals surface area contributed by atoms with Gasteiger partial charge < -0.3 is 0 Å². The van der Waals surface area contributed by atoms with Gasteiger partial charge in [-0.25, -0.2) is 8.42 Å². The van der Waals surface area contributed by atoms with Crippen LogP contribution in [0.15, 0.2) is 107 Å². The summed E-state index contributed by atoms with van der Waals surface area (Å²) in [4.78, 5) is 1.61. The van der Waals surface area contributed by atoms with Crippen LogP contribution in [-0.2, 0) is 16.4 Å². The van der Waals surface area contributed by atoms with Gasteiger partial charge in [-0.15, -0.1) is 11.8 Å². The van der Waals surface area contributed by atoms with Crippen molar-refractivity contribution in [1.82, 2.24) is 0 Å². The Bertz CT molecular complexity index is 1520. The molecule has 0 saturated carbocycles. The molecule has 1 aliphatic heterocycles. The van der Waals surface area contributed by atoms with Crippen molar-refractivity contribution in [3.05, 3.63) is 125 Å². The van der Waals surface area contributed by atoms with Gasteiger partial charge in [-0.1, -0.05) is 112 Å². The smallest absolute Gasteiger partial charge is 0.257 e. The van der Waals surface area contributed by atoms with Gasteiger partial charge in [-0.05, 0) is 65.6 Å². The molecular formula is C34H37NO2S2. The van der Waals surface area contributed by atoms with E-state index < -0.39 is 10.0 Å². The highest BCUT2D eigenvalue weighted by Gasteiger charge is 2.43. The number of para-hydroxylation sites is 1. The van der Waals surface area contributed by atoms with Gasteiger partial charge in [0.1, 0.15) is 0 Å². The van der Waals surface area contributed by atoms with Crippen molar-refractivity contribution in [2.45, 2.75) is 74.0 Å². The van der Waals surface area contributed by atoms with E-state index in [1.54, 1.807) is 16.4 Å². The van der Waals surface area contributed by atoms with E-state index in [0.29, 0.717) is 16.7 Å². The number of hydrogen-bond donors (Lipinski definition) is 0. The van der Waals surface area contributed by atoms with Crippen molar-refractivity contribution in [2.75, 3.05) is 4.31 Å². The van der Waals surface area contributed by atoms with Crippen LogP contribution in [0, 0.1) is 6.92 Å². The summed E-state index contributed by atoms with van der Waals surface area (Å²) < 4.78 is 30.7. The molecule has 4 aromatic rings. The Labute approximate surface area is 238 Å². The lowest BCUT2D eigenvalue weighted by Gasteiger charge is -2.43. The first-order chi connectivity index (χ1) is 18.7. The van der Waals surface area contributed by atoms with Crippen LogP contribution < -0.4 is 4.31 Å². The maximum atomic E-state index is 14.5. The summed E-state index contributed by atoms with van der Waals surface area (Å²) in [5, 5.41) is -0.0140. The predicted octanol–water partition coefficient (Wildman–Crippen LogP) is 8.90. The summed E-state index contributed by atoms with van der Waals surface area (Å²) in [5.41, 5.74) is 6.52. The highest BCUT2D eigenvalue weighted by Crippen LogP contribution is 2.50. The first kappa shape index (κ1) is 27.5. The molecule has 3 nitrogen and oxygen atoms in total. The third-order valence-corrected chi connectivity index (χ3v) is 10.8. The molecule has 0 amide bonds. The van der Waals surface area contributed by atoms with Crippen molar-refractivity contribution >= 4 is 27.5 Å². The minimum absolute atomic E-state index is 0.0140. The van der Waals surface area contributed by atoms with Crippen molar-refractivity contribution in [2.24, 2.45) is 0 Å². The minimum atomic E-state index is -3.85. The molecule has 4 aromatic carbocycles. The third-order valence-electron chi connectivity index (χ3n) is 7.56. The molecule has 5 heteroatoms. The second-order valence-electron chi connectivity index (χ2n) is 11.0. The number of nitrogens with zero attached hydrogens (tertiary/aromatic N) is 1. The lowest BCUT2D eigenvalue weighted by atomic mass is 9.93. The zero-order valence-electron chi connectivity index (χ0n) is 23.3. The van der Waals surface area contributed by atoms with E-state index in [4.69, 9.17) is 0 Å². The standard InChI is InChI=1S/C34H37NO2S2/c1-23(2)29-15-11-16-30(24(3)4)34(29)38-32-22-27-14-9-10-17-31(27)35(33(32)26-12-7-6-8-13-26)39(36,37)28-20-18-25(5)19-21-28/h6-21,23-24,32-33H,22H2,1-5H3/t32-,33+/m1/s1. The van der Waals surface area contributed by atoms with Crippen LogP contribution in [0.25, 0.3) is 0 Å². The number of hydrogen-bond acceptors (Lipinski definition) is 3. The second-order valence-corrected chi connectivity index (χ2v) is 14.1. The van der Waals surface area contributed by atoms with E-state index in [9.17, 15) is 8.42 Å². The average molecular weight is 556 g/mol. The molecule has 0 saturated heterocycles. The fourth-order valence-electron chi connectivity index (χ4n) is 5.51. The Morgan fingerprint density at radius 3 is 1.95 bits per heavy atom. The topological polar surface area (TPSA) is 37.4 Å². The Balaban J connectivity index is 1.73. The number of benzene rings is 4. The van der Waals surface area contributed by atoms with Crippen molar-refractivity contribution in [3.8, 4) is 0 Å². The summed E-state index contributed by atoms with van der Waals surface area (Å²) in [6.07, 6.45) is 0.782. The summed E-state index contributed by atoms with van der Waals surface area (Å²) in [5.74, 6) is 0.731. The van der Waals surface area contributed by atoms with Crippen molar-refractivity contribution in [3.63, 3.8) is 0 Å². The van der Waals surface area contributed by atoms with Crippen molar-refractivity contribution in [1.29, 1.82) is 0 Å². The van der Waals surface area contributed by atoms with Gasteiger partial charge in [0.25, 0.3) is 10.0 Å². The van der Waals surface area contributed by atoms with Gasteiger partial charge in [0, 0.05) is 10.1 Å². The molecule has 1 heterocycles. The number of sulfonamides is 1. The van der Waals surface area contributed by atoms with Gasteiger partial charge in [0.2, 0.25) is 0 Å². The number of anilines is 1. The predicted molar refractivity (Wildman–Crippen MR) is 164 cm³/mol. The first-order valence-corrected chi connectivity index (χ1v) is 16.0. The van der Waals surface area contributed by atoms with Crippen LogP contribution in [-0.4, -0.2) is 13.7 Å². The normalized spacial score (nSPS) is 17.5. The van der Waals surface area contributed by atoms with Crippen molar-refractivity contribution < 1.29 is 8.42 Å². The molecular weight excluding hydrogens is 519 g/mol. The number of aryl methyl sites for hydroxylation is 1. The zero-order chi connectivity index (χ0) is 27.7. The van der Waals surface area contributed by atoms with E-state index in [1.165, 1.54) is 16.0 Å². The van der Waals surface area contributed by atoms with E-state index in [2.05, 4.69) is 64.1 Å². The quantitative estimate of drug-likeness (QED) is 0.228. The fourth-order valence-corrected chi connectivity index (χ4v) is 9.15. The van der Waals surface area contributed by atoms with Gasteiger partial charge in [-0.2, -0.15) is 0 Å². The fraction of sp³-hybridized carbons (Fsp3) is 0.294. The molecule has 0 bridgehead atoms. The Hall–Kier alpha value is -3.02. The van der Waals surface area contributed by atoms with Crippen LogP contribution >= 0.6 is 11.8 Å². The summed E-state index contributed by atoms with van der Waals surface area (Å²) in [6.45, 7) is 10.9. The Morgan fingerprint density at radius 1 is 0.744 bits per heavy atom. The minimum Gasteiger partial charge on any atom is -0.257 e. The molecule has 5 rings (SSSR count). The third kappa shape index (κ3) is 5.39. The largest absolute Gasteiger partial charge is 0.264 e. The molecule has 0 spiro atoms. The van der Waals surface area contributed by atoms with Crippen LogP contribution in [0.1, 0.15) is 73.4 Å². The number of fused-ring (bicyclic) bond motifs is 1. The van der Waals surface area contributed by atoms with Gasteiger partial charge in [-0.3, -0.25) is 4.31 Å². The number of rotatable bonds is 7. The van der Waals surface area contributed by atoms with E-state index in [1.807, 2.05) is 67.2 Å². The molecule has 1 aliphatic rings.